The quantitative estimate of drug-likeness (QED) is 0.475. The second-order valence-corrected chi connectivity index (χ2v) is 1.64. The first-order chi connectivity index (χ1) is 3.34. The number of rotatable bonds is 1. The largest absolute Gasteiger partial charge is 0.369 e. The Morgan fingerprint density at radius 1 is 2.00 bits per heavy atom. The van der Waals surface area contributed by atoms with Gasteiger partial charge in [-0.1, -0.05) is 0 Å². The Bertz CT molecular complexity index is 89.7. The lowest BCUT2D eigenvalue weighted by atomic mass is 10.4. The van der Waals surface area contributed by atoms with E-state index in [9.17, 15) is 4.79 Å². The average molecular weight is 86.1 g/mol. The Morgan fingerprint density at radius 3 is 2.83 bits per heavy atom. The molecule has 0 bridgehead atoms. The monoisotopic (exact) mass is 86.1 g/mol. The third kappa shape index (κ3) is 0.506. The molecule has 1 fully saturated rings. The van der Waals surface area contributed by atoms with Crippen molar-refractivity contribution in [1.82, 2.24) is 0 Å². The summed E-state index contributed by atoms with van der Waals surface area (Å²) < 4.78 is 6.38. The first-order valence-electron chi connectivity index (χ1n) is 2.56. The van der Waals surface area contributed by atoms with Gasteiger partial charge in [-0.05, 0) is 12.8 Å². The van der Waals surface area contributed by atoms with Gasteiger partial charge >= 0.3 is 0 Å². The molecule has 1 amide bonds. The number of hydrogen-bond donors (Lipinski definition) is 1. The van der Waals surface area contributed by atoms with Crippen molar-refractivity contribution in [1.29, 1.82) is 0 Å². The molecule has 0 aromatic rings. The standard InChI is InChI=1S/C4H7NO/c5-4(6)3-1-2-3/h3H,1-2H2,(H2,5,6)/i/hD. The third-order valence-electron chi connectivity index (χ3n) is 0.948. The van der Waals surface area contributed by atoms with Gasteiger partial charge in [0.1, 0.15) is 0 Å². The zero-order valence-electron chi connectivity index (χ0n) is 4.40. The van der Waals surface area contributed by atoms with Crippen LogP contribution in [0.25, 0.3) is 0 Å². The lowest BCUT2D eigenvalue weighted by Gasteiger charge is -1.77. The molecule has 0 unspecified atom stereocenters. The number of hydrogen-bond acceptors (Lipinski definition) is 1. The van der Waals surface area contributed by atoms with Crippen LogP contribution >= 0.6 is 0 Å². The second kappa shape index (κ2) is 0.965. The molecule has 0 spiro atoms. The van der Waals surface area contributed by atoms with Crippen LogP contribution in [0.4, 0.5) is 0 Å². The van der Waals surface area contributed by atoms with Crippen LogP contribution in [0.5, 0.6) is 0 Å². The molecular weight excluding hydrogens is 78.0 g/mol. The van der Waals surface area contributed by atoms with Crippen LogP contribution in [0, 0.1) is 5.92 Å². The van der Waals surface area contributed by atoms with E-state index < -0.39 is 0 Å². The molecule has 1 rings (SSSR count). The minimum Gasteiger partial charge on any atom is -0.369 e. The van der Waals surface area contributed by atoms with E-state index in [0.717, 1.165) is 12.8 Å². The van der Waals surface area contributed by atoms with Gasteiger partial charge in [0.2, 0.25) is 5.91 Å². The summed E-state index contributed by atoms with van der Waals surface area (Å²) in [5, 5.41) is 0. The van der Waals surface area contributed by atoms with Crippen LogP contribution in [0.1, 0.15) is 12.8 Å². The molecule has 0 aliphatic heterocycles. The fourth-order valence-corrected chi connectivity index (χ4v) is 0.346. The summed E-state index contributed by atoms with van der Waals surface area (Å²) in [6.45, 7) is 0. The maximum atomic E-state index is 10.3. The number of primary amides is 1. The minimum absolute atomic E-state index is 0.125. The highest BCUT2D eigenvalue weighted by atomic mass is 16.1. The van der Waals surface area contributed by atoms with Gasteiger partial charge in [-0.25, -0.2) is 0 Å². The van der Waals surface area contributed by atoms with Crippen LogP contribution in [-0.2, 0) is 4.79 Å². The summed E-state index contributed by atoms with van der Waals surface area (Å²) in [6, 6.07) is 0. The summed E-state index contributed by atoms with van der Waals surface area (Å²) in [6.07, 6.45) is 1.95. The van der Waals surface area contributed by atoms with Crippen molar-refractivity contribution >= 4 is 5.91 Å². The van der Waals surface area contributed by atoms with Crippen molar-refractivity contribution in [2.45, 2.75) is 12.8 Å². The number of nitrogens with two attached hydrogens (primary N) is 1. The van der Waals surface area contributed by atoms with Gasteiger partial charge in [-0.15, -0.1) is 0 Å². The molecule has 1 aliphatic rings. The Hall–Kier alpha value is -0.530. The molecule has 1 aliphatic carbocycles. The predicted octanol–water partition coefficient (Wildman–Crippen LogP) is -0.118. The Labute approximate surface area is 37.8 Å². The molecule has 2 N–H and O–H groups in total. The molecule has 34 valence electrons. The van der Waals surface area contributed by atoms with E-state index in [1.165, 1.54) is 0 Å². The van der Waals surface area contributed by atoms with Crippen molar-refractivity contribution in [2.24, 2.45) is 11.6 Å². The summed E-state index contributed by atoms with van der Waals surface area (Å²) in [5.41, 5.74) is 1.84. The maximum Gasteiger partial charge on any atom is 0.220 e. The highest BCUT2D eigenvalue weighted by Crippen LogP contribution is 2.27. The van der Waals surface area contributed by atoms with E-state index in [1.54, 1.807) is 0 Å². The van der Waals surface area contributed by atoms with Crippen molar-refractivity contribution in [3.05, 3.63) is 0 Å². The fraction of sp³-hybridized carbons (Fsp3) is 0.750. The molecule has 2 heteroatoms. The third-order valence-corrected chi connectivity index (χ3v) is 0.948. The van der Waals surface area contributed by atoms with E-state index in [2.05, 4.69) is 0 Å². The summed E-state index contributed by atoms with van der Waals surface area (Å²) in [4.78, 5) is 10.3. The van der Waals surface area contributed by atoms with Crippen LogP contribution in [-0.4, -0.2) is 5.91 Å². The number of carbonyl (C=O) groups is 1. The van der Waals surface area contributed by atoms with Crippen LogP contribution < -0.4 is 5.73 Å². The molecule has 6 heavy (non-hydrogen) atoms. The number of carbonyl (C=O) groups excluding carboxylic acids is 1. The average Bonchev–Trinajstić information content (AvgIpc) is 2.44. The zero-order valence-corrected chi connectivity index (χ0v) is 3.40. The van der Waals surface area contributed by atoms with Gasteiger partial charge in [0, 0.05) is 5.92 Å². The van der Waals surface area contributed by atoms with Gasteiger partial charge < -0.3 is 5.73 Å². The highest BCUT2D eigenvalue weighted by molar-refractivity contribution is 5.78. The normalized spacial score (nSPS) is 22.3. The van der Waals surface area contributed by atoms with Gasteiger partial charge in [0.15, 0.2) is 1.41 Å². The molecule has 0 saturated heterocycles. The smallest absolute Gasteiger partial charge is 0.220 e. The molecular formula is C4H7NO. The van der Waals surface area contributed by atoms with E-state index in [0.29, 0.717) is 0 Å². The first-order valence-corrected chi connectivity index (χ1v) is 2.06. The molecule has 0 aromatic heterocycles. The van der Waals surface area contributed by atoms with Crippen LogP contribution in [0.15, 0.2) is 0 Å². The van der Waals surface area contributed by atoms with Gasteiger partial charge in [0.05, 0.1) is 0 Å². The van der Waals surface area contributed by atoms with Crippen molar-refractivity contribution in [2.75, 3.05) is 0 Å². The van der Waals surface area contributed by atoms with E-state index >= 15 is 0 Å². The molecule has 2 nitrogen and oxygen atoms in total. The lowest BCUT2D eigenvalue weighted by molar-refractivity contribution is -0.119. The topological polar surface area (TPSA) is 43.1 Å². The maximum absolute atomic E-state index is 10.3. The first kappa shape index (κ1) is 2.61. The highest BCUT2D eigenvalue weighted by Gasteiger charge is 2.26. The van der Waals surface area contributed by atoms with Gasteiger partial charge in [0.25, 0.3) is 0 Å². The van der Waals surface area contributed by atoms with Crippen molar-refractivity contribution < 1.29 is 6.21 Å². The predicted molar refractivity (Wildman–Crippen MR) is 21.9 cm³/mol. The number of amides is 1. The Kier molecular flexibility index (Phi) is 0.420. The summed E-state index contributed by atoms with van der Waals surface area (Å²) in [7, 11) is 0. The molecule has 0 aromatic carbocycles. The summed E-state index contributed by atoms with van der Waals surface area (Å²) >= 11 is 0. The second-order valence-electron chi connectivity index (χ2n) is 1.64. The van der Waals surface area contributed by atoms with Gasteiger partial charge in [-0.3, -0.25) is 4.79 Å². The van der Waals surface area contributed by atoms with E-state index in [-0.39, 0.29) is 11.8 Å². The molecule has 0 atom stereocenters. The van der Waals surface area contributed by atoms with Crippen LogP contribution in [0.3, 0.4) is 0 Å². The fourth-order valence-electron chi connectivity index (χ4n) is 0.346. The zero-order chi connectivity index (χ0) is 5.28. The van der Waals surface area contributed by atoms with Crippen molar-refractivity contribution in [3.8, 4) is 0 Å². The molecule has 0 heterocycles. The molecule has 0 radical (unpaired) electrons. The van der Waals surface area contributed by atoms with Crippen molar-refractivity contribution in [3.63, 3.8) is 0 Å². The van der Waals surface area contributed by atoms with E-state index in [4.69, 9.17) is 1.41 Å². The van der Waals surface area contributed by atoms with E-state index in [1.807, 2.05) is 5.73 Å². The molecule has 1 saturated carbocycles. The Balaban J connectivity index is 2.24. The summed E-state index contributed by atoms with van der Waals surface area (Å²) in [5.74, 6) is 0.0532. The SMILES string of the molecule is [2H]NC(=O)C1CC1. The van der Waals surface area contributed by atoms with Crippen LogP contribution in [0.2, 0.25) is 1.41 Å². The lowest BCUT2D eigenvalue weighted by Crippen LogP contribution is -2.11. The van der Waals surface area contributed by atoms with Gasteiger partial charge in [-0.2, -0.15) is 0 Å². The Morgan fingerprint density at radius 2 is 2.67 bits per heavy atom. The minimum atomic E-state index is -0.125.